The van der Waals surface area contributed by atoms with E-state index >= 15 is 0 Å². The molecule has 0 bridgehead atoms. The van der Waals surface area contributed by atoms with Gasteiger partial charge in [-0.25, -0.2) is 0 Å². The second kappa shape index (κ2) is 12.3. The van der Waals surface area contributed by atoms with Gasteiger partial charge >= 0.3 is 5.76 Å². The van der Waals surface area contributed by atoms with Crippen LogP contribution in [0.1, 0.15) is 5.56 Å². The number of benzene rings is 1. The van der Waals surface area contributed by atoms with Crippen molar-refractivity contribution in [1.29, 1.82) is 0 Å². The first-order valence-electron chi connectivity index (χ1n) is 13.2. The van der Waals surface area contributed by atoms with E-state index in [0.717, 1.165) is 6.08 Å². The number of hydrogen-bond donors (Lipinski definition) is 11. The minimum absolute atomic E-state index is 0.0355. The van der Waals surface area contributed by atoms with Crippen molar-refractivity contribution in [2.45, 2.75) is 67.5 Å². The van der Waals surface area contributed by atoms with Gasteiger partial charge < -0.3 is 79.9 Å². The summed E-state index contributed by atoms with van der Waals surface area (Å²) in [6, 6.07) is 3.76. The van der Waals surface area contributed by atoms with Crippen molar-refractivity contribution in [3.63, 3.8) is 0 Å². The molecular weight excluding hydrogens is 580 g/mol. The van der Waals surface area contributed by atoms with Gasteiger partial charge in [-0.15, -0.1) is 0 Å². The van der Waals surface area contributed by atoms with Crippen LogP contribution in [0, 0.1) is 0 Å². The Morgan fingerprint density at radius 1 is 0.744 bits per heavy atom. The number of hydrogen-bond acceptors (Lipinski definition) is 15. The molecule has 0 aromatic heterocycles. The minimum atomic E-state index is -1.84. The monoisotopic (exact) mass is 613 g/mol. The molecule has 0 saturated carbocycles. The molecule has 1 aromatic carbocycles. The zero-order chi connectivity index (χ0) is 31.2. The average Bonchev–Trinajstić information content (AvgIpc) is 2.97. The molecule has 4 aliphatic rings. The molecule has 11 atom stereocenters. The number of ether oxygens (including phenoxy) is 5. The van der Waals surface area contributed by atoms with E-state index in [1.807, 2.05) is 0 Å². The van der Waals surface area contributed by atoms with Crippen LogP contribution in [0.3, 0.4) is 0 Å². The lowest BCUT2D eigenvalue weighted by Crippen LogP contribution is -2.61. The lowest BCUT2D eigenvalue weighted by atomic mass is 9.96. The third kappa shape index (κ3) is 6.02. The molecule has 3 heterocycles. The highest BCUT2D eigenvalue weighted by Gasteiger charge is 2.48. The van der Waals surface area contributed by atoms with Crippen LogP contribution in [0.5, 0.6) is 11.5 Å². The Morgan fingerprint density at radius 3 is 2.07 bits per heavy atom. The van der Waals surface area contributed by atoms with E-state index < -0.39 is 92.2 Å². The Bertz CT molecular complexity index is 1320. The fourth-order valence-corrected chi connectivity index (χ4v) is 5.00. The van der Waals surface area contributed by atoms with Crippen LogP contribution in [0.15, 0.2) is 59.3 Å². The van der Waals surface area contributed by atoms with Gasteiger partial charge in [-0.3, -0.25) is 0 Å². The highest BCUT2D eigenvalue weighted by atomic mass is 16.7. The molecule has 1 unspecified atom stereocenters. The van der Waals surface area contributed by atoms with Crippen LogP contribution < -0.4 is 0 Å². The van der Waals surface area contributed by atoms with E-state index in [-0.39, 0.29) is 34.2 Å². The molecule has 2 saturated heterocycles. The molecule has 1 aromatic rings. The fourth-order valence-electron chi connectivity index (χ4n) is 5.00. The maximum atomic E-state index is 10.7. The number of fused-ring (bicyclic) bond motifs is 1. The number of phenolic OH excluding ortho intramolecular Hbond substituents is 2. The largest absolute Gasteiger partial charge is 0.571 e. The normalized spacial score (nSPS) is 37.9. The van der Waals surface area contributed by atoms with Crippen molar-refractivity contribution in [2.24, 2.45) is 0 Å². The number of aliphatic hydroxyl groups excluding tert-OH is 9. The van der Waals surface area contributed by atoms with Crippen molar-refractivity contribution in [3.05, 3.63) is 64.8 Å². The Morgan fingerprint density at radius 2 is 1.40 bits per heavy atom. The molecule has 16 nitrogen and oxygen atoms in total. The number of allylic oxidation sites excluding steroid dienone is 2. The van der Waals surface area contributed by atoms with Crippen LogP contribution in [0.2, 0.25) is 0 Å². The SMILES string of the molecule is OC[C@H]1O[C@@H](OC[C@H]2O[C@@H](OC3=C(c4ccc(O)c(O)c4)[OH+]C4C=C(O)C=C(O)C4=C3)[C@H](O)[C@@H](O)[C@@H]2O)[C@H](O)[C@@H](O)[C@@H]1O. The summed E-state index contributed by atoms with van der Waals surface area (Å²) in [5.41, 5.74) is 0.406. The average molecular weight is 614 g/mol. The Labute approximate surface area is 243 Å². The molecule has 43 heavy (non-hydrogen) atoms. The van der Waals surface area contributed by atoms with Crippen molar-refractivity contribution in [1.82, 2.24) is 0 Å². The van der Waals surface area contributed by atoms with Gasteiger partial charge in [-0.1, -0.05) is 0 Å². The van der Waals surface area contributed by atoms with Crippen LogP contribution in [0.25, 0.3) is 5.76 Å². The predicted octanol–water partition coefficient (Wildman–Crippen LogP) is -2.86. The molecule has 0 amide bonds. The molecule has 236 valence electrons. The molecule has 2 fully saturated rings. The maximum Gasteiger partial charge on any atom is 0.305 e. The Balaban J connectivity index is 1.40. The molecule has 1 aliphatic carbocycles. The van der Waals surface area contributed by atoms with Crippen molar-refractivity contribution in [3.8, 4) is 11.5 Å². The quantitative estimate of drug-likeness (QED) is 0.109. The highest BCUT2D eigenvalue weighted by molar-refractivity contribution is 5.69. The summed E-state index contributed by atoms with van der Waals surface area (Å²) in [7, 11) is 0. The lowest BCUT2D eigenvalue weighted by Gasteiger charge is -2.42. The van der Waals surface area contributed by atoms with E-state index in [1.54, 1.807) is 0 Å². The van der Waals surface area contributed by atoms with E-state index in [2.05, 4.69) is 4.74 Å². The molecule has 3 aliphatic heterocycles. The zero-order valence-corrected chi connectivity index (χ0v) is 22.2. The predicted molar refractivity (Wildman–Crippen MR) is 140 cm³/mol. The lowest BCUT2D eigenvalue weighted by molar-refractivity contribution is -0.327. The molecule has 0 radical (unpaired) electrons. The molecule has 0 spiro atoms. The van der Waals surface area contributed by atoms with E-state index in [1.165, 1.54) is 30.4 Å². The first kappa shape index (κ1) is 31.0. The third-order valence-corrected chi connectivity index (χ3v) is 7.45. The van der Waals surface area contributed by atoms with Gasteiger partial charge in [0.25, 0.3) is 0 Å². The molecule has 12 N–H and O–H groups in total. The summed E-state index contributed by atoms with van der Waals surface area (Å²) in [6.07, 6.45) is -13.6. The van der Waals surface area contributed by atoms with E-state index in [9.17, 15) is 56.2 Å². The number of aliphatic hydroxyl groups is 11. The Kier molecular flexibility index (Phi) is 8.87. The molecular formula is C27H33O16+. The van der Waals surface area contributed by atoms with Crippen molar-refractivity contribution in [2.75, 3.05) is 13.2 Å². The molecule has 5 rings (SSSR count). The summed E-state index contributed by atoms with van der Waals surface area (Å²) in [5.74, 6) is -1.60. The van der Waals surface area contributed by atoms with Gasteiger partial charge in [-0.2, -0.15) is 0 Å². The summed E-state index contributed by atoms with van der Waals surface area (Å²) in [5, 5.41) is 112. The second-order valence-electron chi connectivity index (χ2n) is 10.4. The van der Waals surface area contributed by atoms with Crippen LogP contribution >= 0.6 is 0 Å². The van der Waals surface area contributed by atoms with Crippen molar-refractivity contribution >= 4 is 5.76 Å². The highest BCUT2D eigenvalue weighted by Crippen LogP contribution is 2.38. The maximum absolute atomic E-state index is 10.7. The zero-order valence-electron chi connectivity index (χ0n) is 22.2. The van der Waals surface area contributed by atoms with Gasteiger partial charge in [0.05, 0.1) is 30.4 Å². The van der Waals surface area contributed by atoms with Crippen LogP contribution in [0.4, 0.5) is 0 Å². The fraction of sp³-hybridized carbons (Fsp3) is 0.481. The summed E-state index contributed by atoms with van der Waals surface area (Å²) >= 11 is 0. The summed E-state index contributed by atoms with van der Waals surface area (Å²) < 4.78 is 26.8. The van der Waals surface area contributed by atoms with E-state index in [4.69, 9.17) is 18.9 Å². The smallest absolute Gasteiger partial charge is 0.305 e. The number of aromatic hydroxyl groups is 2. The van der Waals surface area contributed by atoms with Gasteiger partial charge in [0.2, 0.25) is 18.2 Å². The molecule has 16 heteroatoms. The Hall–Kier alpha value is -3.42. The standard InChI is InChI=1S/C27H32O16/c28-7-17-19(33)21(35)23(37)26(42-17)39-8-18-20(34)22(36)24(38)27(43-18)41-16-6-11-13(31)4-10(29)5-15(11)40-25(16)9-1-2-12(30)14(32)3-9/h1-6,15,17-24,26-38H,7-8H2/p+1/t15?,17-,18-,19-,20-,21+,22+,23-,24-,26-,27-/m1/s1. The number of rotatable bonds is 7. The topological polar surface area (TPSA) is 272 Å². The van der Waals surface area contributed by atoms with Gasteiger partial charge in [0.1, 0.15) is 60.4 Å². The van der Waals surface area contributed by atoms with Crippen LogP contribution in [-0.2, 0) is 18.9 Å². The minimum Gasteiger partial charge on any atom is -0.571 e. The van der Waals surface area contributed by atoms with Gasteiger partial charge in [0.15, 0.2) is 17.8 Å². The van der Waals surface area contributed by atoms with Gasteiger partial charge in [-0.05, 0) is 12.1 Å². The van der Waals surface area contributed by atoms with Gasteiger partial charge in [0, 0.05) is 18.2 Å². The first-order valence-corrected chi connectivity index (χ1v) is 13.2. The van der Waals surface area contributed by atoms with E-state index in [0.29, 0.717) is 0 Å². The van der Waals surface area contributed by atoms with Crippen molar-refractivity contribution < 1.29 is 79.9 Å². The summed E-state index contributed by atoms with van der Waals surface area (Å²) in [6.45, 7) is -1.29. The van der Waals surface area contributed by atoms with Crippen LogP contribution in [-0.4, -0.2) is 142 Å². The number of phenols is 2. The first-order chi connectivity index (χ1) is 20.4. The third-order valence-electron chi connectivity index (χ3n) is 7.45. The second-order valence-corrected chi connectivity index (χ2v) is 10.4. The summed E-state index contributed by atoms with van der Waals surface area (Å²) in [4.78, 5) is 0.